The molecule has 0 spiro atoms. The van der Waals surface area contributed by atoms with Gasteiger partial charge >= 0.3 is 0 Å². The van der Waals surface area contributed by atoms with Crippen LogP contribution in [0.15, 0.2) is 18.2 Å². The van der Waals surface area contributed by atoms with E-state index in [-0.39, 0.29) is 6.29 Å². The normalized spacial score (nSPS) is 17.8. The first-order valence-corrected chi connectivity index (χ1v) is 11.8. The van der Waals surface area contributed by atoms with Crippen molar-refractivity contribution in [1.82, 2.24) is 10.0 Å². The molecule has 0 fully saturated rings. The summed E-state index contributed by atoms with van der Waals surface area (Å²) in [6.07, 6.45) is -0.866. The van der Waals surface area contributed by atoms with E-state index in [1.807, 2.05) is 19.9 Å². The van der Waals surface area contributed by atoms with Crippen molar-refractivity contribution in [2.45, 2.75) is 31.2 Å². The van der Waals surface area contributed by atoms with Gasteiger partial charge in [0, 0.05) is 26.2 Å². The highest BCUT2D eigenvalue weighted by Gasteiger charge is 2.35. The van der Waals surface area contributed by atoms with Crippen LogP contribution in [0.3, 0.4) is 0 Å². The van der Waals surface area contributed by atoms with Crippen LogP contribution in [0.1, 0.15) is 30.3 Å². The Labute approximate surface area is 160 Å². The molecule has 0 aliphatic carbocycles. The summed E-state index contributed by atoms with van der Waals surface area (Å²) in [6, 6.07) is 5.34. The summed E-state index contributed by atoms with van der Waals surface area (Å²) in [5.74, 6) is 0.532. The predicted molar refractivity (Wildman–Crippen MR) is 101 cm³/mol. The first-order valence-electron chi connectivity index (χ1n) is 7.74. The smallest absolute Gasteiger partial charge is 0.203 e. The van der Waals surface area contributed by atoms with Gasteiger partial charge in [0.05, 0.1) is 6.29 Å². The molecule has 0 saturated heterocycles. The van der Waals surface area contributed by atoms with Crippen LogP contribution in [0.5, 0.6) is 5.75 Å². The highest BCUT2D eigenvalue weighted by atomic mass is 32.5. The highest BCUT2D eigenvalue weighted by Crippen LogP contribution is 2.46. The average Bonchev–Trinajstić information content (AvgIpc) is 2.91. The number of para-hydroxylation sites is 1. The molecule has 0 saturated carbocycles. The number of hydrogen-bond acceptors (Lipinski definition) is 7. The van der Waals surface area contributed by atoms with Gasteiger partial charge < -0.3 is 29.0 Å². The molecule has 0 aromatic heterocycles. The molecule has 1 aliphatic rings. The minimum absolute atomic E-state index is 0.00848. The molecular formula is C15H22N2O6PS2-. The number of nitrogens with one attached hydrogen (secondary N) is 2. The second kappa shape index (κ2) is 8.33. The third kappa shape index (κ3) is 5.03. The van der Waals surface area contributed by atoms with Crippen LogP contribution in [0.25, 0.3) is 0 Å². The molecule has 2 rings (SSSR count). The molecule has 2 atom stereocenters. The number of hydrogen-bond donors (Lipinski definition) is 2. The van der Waals surface area contributed by atoms with Gasteiger partial charge in [-0.25, -0.2) is 8.93 Å². The number of carboxylic acid groups (broad SMARTS) is 1. The van der Waals surface area contributed by atoms with Gasteiger partial charge in [-0.3, -0.25) is 0 Å². The molecule has 8 nitrogen and oxygen atoms in total. The van der Waals surface area contributed by atoms with E-state index < -0.39 is 34.5 Å². The van der Waals surface area contributed by atoms with Crippen molar-refractivity contribution in [1.29, 1.82) is 0 Å². The Balaban J connectivity index is 2.30. The van der Waals surface area contributed by atoms with Crippen LogP contribution >= 0.6 is 6.49 Å². The van der Waals surface area contributed by atoms with Gasteiger partial charge in [0.2, 0.25) is 6.49 Å². The van der Waals surface area contributed by atoms with Crippen LogP contribution in [0.4, 0.5) is 4.79 Å². The quantitative estimate of drug-likeness (QED) is 0.606. The zero-order valence-corrected chi connectivity index (χ0v) is 17.5. The van der Waals surface area contributed by atoms with Gasteiger partial charge in [-0.15, -0.1) is 0 Å². The Bertz CT molecular complexity index is 750. The fourth-order valence-corrected chi connectivity index (χ4v) is 5.44. The maximum Gasteiger partial charge on any atom is 0.203 e. The summed E-state index contributed by atoms with van der Waals surface area (Å²) in [5.41, 5.74) is 0.965. The van der Waals surface area contributed by atoms with Crippen LogP contribution in [-0.4, -0.2) is 36.4 Å². The summed E-state index contributed by atoms with van der Waals surface area (Å²) in [6.45, 7) is 1.23. The molecule has 2 unspecified atom stereocenters. The van der Waals surface area contributed by atoms with Crippen molar-refractivity contribution in [2.75, 3.05) is 20.5 Å². The van der Waals surface area contributed by atoms with Gasteiger partial charge in [-0.1, -0.05) is 18.2 Å². The maximum atomic E-state index is 12.8. The van der Waals surface area contributed by atoms with Crippen LogP contribution < -0.4 is 19.9 Å². The SMILES string of the molecule is COP(=S)(CNS(=O)C(NC(=O)[O-])c1cccc2c1OC(C)(C)C2)OC. The number of fused-ring (bicyclic) bond motifs is 1. The van der Waals surface area contributed by atoms with Crippen molar-refractivity contribution in [3.8, 4) is 5.75 Å². The molecule has 1 aromatic carbocycles. The molecule has 1 heterocycles. The average molecular weight is 421 g/mol. The Kier molecular flexibility index (Phi) is 6.81. The largest absolute Gasteiger partial charge is 0.530 e. The minimum Gasteiger partial charge on any atom is -0.530 e. The lowest BCUT2D eigenvalue weighted by Gasteiger charge is -2.25. The number of amides is 1. The summed E-state index contributed by atoms with van der Waals surface area (Å²) in [4.78, 5) is 11.1. The fraction of sp³-hybridized carbons (Fsp3) is 0.533. The Morgan fingerprint density at radius 2 is 2.12 bits per heavy atom. The summed E-state index contributed by atoms with van der Waals surface area (Å²) in [7, 11) is 0.960. The van der Waals surface area contributed by atoms with E-state index in [4.69, 9.17) is 25.6 Å². The first-order chi connectivity index (χ1) is 12.1. The van der Waals surface area contributed by atoms with E-state index >= 15 is 0 Å². The standard InChI is InChI=1S/C15H23N2O6PS2/c1-15(2)8-10-6-5-7-11(12(10)23-15)13(17-14(18)19)26(20)16-9-24(25,21-3)22-4/h5-7,13,16-17H,8-9H2,1-4H3,(H,18,19)/p-1. The van der Waals surface area contributed by atoms with Gasteiger partial charge in [0.15, 0.2) is 0 Å². The van der Waals surface area contributed by atoms with Gasteiger partial charge in [-0.05, 0) is 31.2 Å². The monoisotopic (exact) mass is 421 g/mol. The van der Waals surface area contributed by atoms with Crippen molar-refractivity contribution in [2.24, 2.45) is 0 Å². The Morgan fingerprint density at radius 3 is 2.69 bits per heavy atom. The Hall–Kier alpha value is -1.03. The number of benzene rings is 1. The van der Waals surface area contributed by atoms with Crippen LogP contribution in [-0.2, 0) is 38.3 Å². The van der Waals surface area contributed by atoms with E-state index in [0.29, 0.717) is 17.7 Å². The molecule has 1 amide bonds. The highest BCUT2D eigenvalue weighted by molar-refractivity contribution is 8.10. The minimum atomic E-state index is -2.63. The summed E-state index contributed by atoms with van der Waals surface area (Å²) < 4.78 is 31.7. The topological polar surface area (TPSA) is 109 Å². The third-order valence-electron chi connectivity index (χ3n) is 3.82. The number of ether oxygens (including phenoxy) is 1. The van der Waals surface area contributed by atoms with Crippen molar-refractivity contribution in [3.05, 3.63) is 29.3 Å². The summed E-state index contributed by atoms with van der Waals surface area (Å²) in [5, 5.41) is 12.2. The number of rotatable bonds is 8. The predicted octanol–water partition coefficient (Wildman–Crippen LogP) is 1.14. The van der Waals surface area contributed by atoms with E-state index in [9.17, 15) is 14.1 Å². The van der Waals surface area contributed by atoms with Crippen molar-refractivity contribution in [3.63, 3.8) is 0 Å². The lowest BCUT2D eigenvalue weighted by molar-refractivity contribution is -0.251. The lowest BCUT2D eigenvalue weighted by Crippen LogP contribution is -2.43. The van der Waals surface area contributed by atoms with Crippen molar-refractivity contribution < 1.29 is 27.9 Å². The zero-order chi connectivity index (χ0) is 19.5. The zero-order valence-electron chi connectivity index (χ0n) is 14.9. The molecular weight excluding hydrogens is 399 g/mol. The second-order valence-corrected chi connectivity index (χ2v) is 11.6. The lowest BCUT2D eigenvalue weighted by atomic mass is 10.0. The molecule has 11 heteroatoms. The first kappa shape index (κ1) is 21.3. The number of carbonyl (C=O) groups is 1. The molecule has 1 aliphatic heterocycles. The van der Waals surface area contributed by atoms with Gasteiger partial charge in [0.25, 0.3) is 0 Å². The van der Waals surface area contributed by atoms with Crippen LogP contribution in [0, 0.1) is 0 Å². The van der Waals surface area contributed by atoms with Gasteiger partial charge in [-0.2, -0.15) is 0 Å². The van der Waals surface area contributed by atoms with E-state index in [1.165, 1.54) is 14.2 Å². The molecule has 26 heavy (non-hydrogen) atoms. The van der Waals surface area contributed by atoms with Gasteiger partial charge in [0.1, 0.15) is 33.8 Å². The number of carbonyl (C=O) groups excluding carboxylic acids is 1. The third-order valence-corrected chi connectivity index (χ3v) is 8.21. The molecule has 146 valence electrons. The van der Waals surface area contributed by atoms with E-state index in [0.717, 1.165) is 5.56 Å². The summed E-state index contributed by atoms with van der Waals surface area (Å²) >= 11 is 5.22. The molecule has 1 aromatic rings. The van der Waals surface area contributed by atoms with E-state index in [2.05, 4.69) is 10.0 Å². The maximum absolute atomic E-state index is 12.8. The molecule has 0 radical (unpaired) electrons. The fourth-order valence-electron chi connectivity index (χ4n) is 2.63. The van der Waals surface area contributed by atoms with Crippen molar-refractivity contribution >= 4 is 35.4 Å². The second-order valence-electron chi connectivity index (χ2n) is 6.26. The molecule has 0 bridgehead atoms. The Morgan fingerprint density at radius 1 is 1.46 bits per heavy atom. The van der Waals surface area contributed by atoms with Crippen LogP contribution in [0.2, 0.25) is 0 Å². The van der Waals surface area contributed by atoms with E-state index in [1.54, 1.807) is 12.1 Å². The molecule has 2 N–H and O–H groups in total.